The molecular formula is C8H8FLiO2. The van der Waals surface area contributed by atoms with Gasteiger partial charge in [0.1, 0.15) is 0 Å². The van der Waals surface area contributed by atoms with E-state index in [4.69, 9.17) is 9.47 Å². The van der Waals surface area contributed by atoms with Gasteiger partial charge in [0.2, 0.25) is 0 Å². The molecule has 1 aromatic carbocycles. The van der Waals surface area contributed by atoms with Crippen molar-refractivity contribution in [2.24, 2.45) is 0 Å². The Morgan fingerprint density at radius 3 is 2.42 bits per heavy atom. The van der Waals surface area contributed by atoms with Crippen molar-refractivity contribution in [3.05, 3.63) is 17.9 Å². The Hall–Kier alpha value is -0.653. The first-order chi connectivity index (χ1) is 5.70. The van der Waals surface area contributed by atoms with Gasteiger partial charge in [0.05, 0.1) is 0 Å². The molecule has 0 spiro atoms. The Kier molecular flexibility index (Phi) is 3.02. The summed E-state index contributed by atoms with van der Waals surface area (Å²) in [5.41, 5.74) is 0. The van der Waals surface area contributed by atoms with Gasteiger partial charge in [0, 0.05) is 0 Å². The molecule has 0 amide bonds. The molecule has 1 rings (SSSR count). The molecule has 2 nitrogen and oxygen atoms in total. The number of benzene rings is 1. The topological polar surface area (TPSA) is 18.5 Å². The summed E-state index contributed by atoms with van der Waals surface area (Å²) in [6, 6.07) is 2.90. The SMILES string of the molecule is [Li][c]1c(OC)ccc(F)c1OC. The Morgan fingerprint density at radius 2 is 1.92 bits per heavy atom. The molecule has 60 valence electrons. The second kappa shape index (κ2) is 3.84. The van der Waals surface area contributed by atoms with Crippen LogP contribution in [0.5, 0.6) is 11.5 Å². The van der Waals surface area contributed by atoms with Crippen LogP contribution in [0, 0.1) is 5.82 Å². The van der Waals surface area contributed by atoms with Crippen LogP contribution in [0.1, 0.15) is 0 Å². The van der Waals surface area contributed by atoms with Gasteiger partial charge in [-0.1, -0.05) is 0 Å². The molecule has 0 bridgehead atoms. The standard InChI is InChI=1S/C8H8FO2.Li/c1-10-6-3-4-7(9)8(5-6)11-2;/h3-4H,1-2H3;. The molecule has 0 aliphatic carbocycles. The normalized spacial score (nSPS) is 9.75. The number of halogens is 1. The van der Waals surface area contributed by atoms with Crippen LogP contribution >= 0.6 is 0 Å². The maximum absolute atomic E-state index is 13.0. The Labute approximate surface area is 79.9 Å². The van der Waals surface area contributed by atoms with E-state index in [2.05, 4.69) is 0 Å². The van der Waals surface area contributed by atoms with E-state index in [9.17, 15) is 4.39 Å². The summed E-state index contributed by atoms with van der Waals surface area (Å²) in [6.45, 7) is 0. The number of ether oxygens (including phenoxy) is 2. The average Bonchev–Trinajstić information content (AvgIpc) is 2.06. The van der Waals surface area contributed by atoms with E-state index < -0.39 is 0 Å². The third kappa shape index (κ3) is 1.57. The van der Waals surface area contributed by atoms with E-state index in [0.29, 0.717) is 9.99 Å². The van der Waals surface area contributed by atoms with Crippen LogP contribution in [0.2, 0.25) is 0 Å². The molecule has 0 aliphatic rings. The van der Waals surface area contributed by atoms with Gasteiger partial charge >= 0.3 is 79.5 Å². The van der Waals surface area contributed by atoms with Gasteiger partial charge in [0.15, 0.2) is 0 Å². The summed E-state index contributed by atoms with van der Waals surface area (Å²) < 4.78 is 23.5. The van der Waals surface area contributed by atoms with Crippen molar-refractivity contribution in [2.75, 3.05) is 14.2 Å². The van der Waals surface area contributed by atoms with Gasteiger partial charge in [-0.25, -0.2) is 0 Å². The number of hydrogen-bond donors (Lipinski definition) is 0. The molecule has 0 heterocycles. The molecule has 1 aromatic rings. The van der Waals surface area contributed by atoms with E-state index in [1.54, 1.807) is 30.9 Å². The van der Waals surface area contributed by atoms with Crippen molar-refractivity contribution >= 4 is 22.0 Å². The van der Waals surface area contributed by atoms with Crippen LogP contribution in [0.25, 0.3) is 0 Å². The van der Waals surface area contributed by atoms with Crippen molar-refractivity contribution < 1.29 is 13.9 Å². The van der Waals surface area contributed by atoms with Gasteiger partial charge in [-0.2, -0.15) is 0 Å². The molecule has 0 atom stereocenters. The molecule has 0 fully saturated rings. The van der Waals surface area contributed by atoms with Gasteiger partial charge < -0.3 is 0 Å². The Balaban J connectivity index is 3.24. The second-order valence-corrected chi connectivity index (χ2v) is 2.41. The van der Waals surface area contributed by atoms with Crippen molar-refractivity contribution in [3.63, 3.8) is 0 Å². The summed E-state index contributed by atoms with van der Waals surface area (Å²) in [7, 11) is 2.98. The van der Waals surface area contributed by atoms with Crippen LogP contribution in [-0.4, -0.2) is 31.9 Å². The summed E-state index contributed by atoms with van der Waals surface area (Å²) >= 11 is 1.75. The first-order valence-electron chi connectivity index (χ1n) is 3.57. The maximum atomic E-state index is 13.0. The Bertz CT molecular complexity index is 289. The van der Waals surface area contributed by atoms with Gasteiger partial charge in [-0.3, -0.25) is 0 Å². The van der Waals surface area contributed by atoms with Gasteiger partial charge in [-0.15, -0.1) is 0 Å². The molecule has 4 heteroatoms. The quantitative estimate of drug-likeness (QED) is 0.594. The fourth-order valence-electron chi connectivity index (χ4n) is 1.11. The summed E-state index contributed by atoms with van der Waals surface area (Å²) in [4.78, 5) is 0. The summed E-state index contributed by atoms with van der Waals surface area (Å²) in [5.74, 6) is 0.512. The van der Waals surface area contributed by atoms with Gasteiger partial charge in [0.25, 0.3) is 0 Å². The van der Waals surface area contributed by atoms with Crippen LogP contribution in [0.4, 0.5) is 4.39 Å². The van der Waals surface area contributed by atoms with E-state index in [1.807, 2.05) is 0 Å². The zero-order valence-corrected chi connectivity index (χ0v) is 7.35. The fourth-order valence-corrected chi connectivity index (χ4v) is 1.11. The first kappa shape index (κ1) is 9.44. The number of methoxy groups -OCH3 is 2. The number of rotatable bonds is 2. The predicted molar refractivity (Wildman–Crippen MR) is 44.9 cm³/mol. The predicted octanol–water partition coefficient (Wildman–Crippen LogP) is 0.637. The fraction of sp³-hybridized carbons (Fsp3) is 0.250. The third-order valence-electron chi connectivity index (χ3n) is 1.73. The molecule has 0 unspecified atom stereocenters. The van der Waals surface area contributed by atoms with Crippen LogP contribution in [-0.2, 0) is 0 Å². The zero-order valence-electron chi connectivity index (χ0n) is 7.35. The van der Waals surface area contributed by atoms with Crippen LogP contribution < -0.4 is 13.7 Å². The van der Waals surface area contributed by atoms with E-state index in [0.717, 1.165) is 0 Å². The van der Waals surface area contributed by atoms with Crippen molar-refractivity contribution in [1.29, 1.82) is 0 Å². The second-order valence-electron chi connectivity index (χ2n) is 2.41. The molecule has 12 heavy (non-hydrogen) atoms. The van der Waals surface area contributed by atoms with Crippen molar-refractivity contribution in [1.82, 2.24) is 0 Å². The molecule has 0 aliphatic heterocycles. The number of hydrogen-bond acceptors (Lipinski definition) is 2. The molecule has 0 aromatic heterocycles. The summed E-state index contributed by atoms with van der Waals surface area (Å²) in [5, 5.41) is 0. The monoisotopic (exact) mass is 162 g/mol. The van der Waals surface area contributed by atoms with E-state index in [1.165, 1.54) is 13.2 Å². The zero-order chi connectivity index (χ0) is 9.14. The third-order valence-corrected chi connectivity index (χ3v) is 1.73. The van der Waals surface area contributed by atoms with Crippen molar-refractivity contribution in [2.45, 2.75) is 0 Å². The molecule has 0 N–H and O–H groups in total. The van der Waals surface area contributed by atoms with Gasteiger partial charge in [-0.05, 0) is 0 Å². The Morgan fingerprint density at radius 1 is 1.25 bits per heavy atom. The van der Waals surface area contributed by atoms with E-state index in [-0.39, 0.29) is 11.6 Å². The minimum atomic E-state index is -0.365. The van der Waals surface area contributed by atoms with Crippen LogP contribution in [0.3, 0.4) is 0 Å². The van der Waals surface area contributed by atoms with E-state index >= 15 is 0 Å². The molecular weight excluding hydrogens is 154 g/mol. The molecule has 0 radical (unpaired) electrons. The average molecular weight is 162 g/mol. The van der Waals surface area contributed by atoms with Crippen molar-refractivity contribution in [3.8, 4) is 11.5 Å². The summed E-state index contributed by atoms with van der Waals surface area (Å²) in [6.07, 6.45) is 0. The minimum absolute atomic E-state index is 0.245. The first-order valence-corrected chi connectivity index (χ1v) is 3.57. The molecule has 0 saturated carbocycles. The van der Waals surface area contributed by atoms with Crippen LogP contribution in [0.15, 0.2) is 12.1 Å². The molecule has 0 saturated heterocycles.